The Morgan fingerprint density at radius 3 is 2.26 bits per heavy atom. The Kier molecular flexibility index (Phi) is 6.85. The number of esters is 1. The fourth-order valence-electron chi connectivity index (χ4n) is 2.25. The standard InChI is InChI=1S/C18H20FNO5S2/c1-11(2)16(20-27(23,24)15-5-4-10-26-15)18(22)25-12(3)17(21)13-6-8-14(19)9-7-13/h4-12,16,20H,1-3H3/t12-,16+/m0/s1. The Morgan fingerprint density at radius 2 is 1.74 bits per heavy atom. The molecular weight excluding hydrogens is 393 g/mol. The van der Waals surface area contributed by atoms with E-state index in [1.165, 1.54) is 25.1 Å². The summed E-state index contributed by atoms with van der Waals surface area (Å²) >= 11 is 1.03. The van der Waals surface area contributed by atoms with Crippen molar-refractivity contribution < 1.29 is 27.1 Å². The van der Waals surface area contributed by atoms with Gasteiger partial charge in [0.2, 0.25) is 5.78 Å². The normalized spacial score (nSPS) is 14.0. The number of benzene rings is 1. The number of ketones is 1. The van der Waals surface area contributed by atoms with Gasteiger partial charge in [-0.3, -0.25) is 9.59 Å². The molecule has 1 aromatic heterocycles. The van der Waals surface area contributed by atoms with Crippen LogP contribution in [0.5, 0.6) is 0 Å². The van der Waals surface area contributed by atoms with Crippen molar-refractivity contribution >= 4 is 33.1 Å². The smallest absolute Gasteiger partial charge is 0.325 e. The highest BCUT2D eigenvalue weighted by molar-refractivity contribution is 7.91. The van der Waals surface area contributed by atoms with Crippen molar-refractivity contribution in [2.24, 2.45) is 5.92 Å². The van der Waals surface area contributed by atoms with E-state index in [4.69, 9.17) is 4.74 Å². The van der Waals surface area contributed by atoms with Crippen LogP contribution in [0.25, 0.3) is 0 Å². The lowest BCUT2D eigenvalue weighted by Gasteiger charge is -2.22. The van der Waals surface area contributed by atoms with Crippen LogP contribution in [0.3, 0.4) is 0 Å². The van der Waals surface area contributed by atoms with E-state index in [2.05, 4.69) is 4.72 Å². The summed E-state index contributed by atoms with van der Waals surface area (Å²) in [4.78, 5) is 24.8. The van der Waals surface area contributed by atoms with Crippen LogP contribution in [0.2, 0.25) is 0 Å². The third-order valence-corrected chi connectivity index (χ3v) is 6.59. The van der Waals surface area contributed by atoms with Gasteiger partial charge in [0, 0.05) is 5.56 Å². The van der Waals surface area contributed by atoms with Crippen LogP contribution in [-0.4, -0.2) is 32.3 Å². The summed E-state index contributed by atoms with van der Waals surface area (Å²) < 4.78 is 45.3. The van der Waals surface area contributed by atoms with Gasteiger partial charge in [-0.05, 0) is 48.6 Å². The van der Waals surface area contributed by atoms with Crippen molar-refractivity contribution in [3.63, 3.8) is 0 Å². The second kappa shape index (κ2) is 8.73. The quantitative estimate of drug-likeness (QED) is 0.531. The summed E-state index contributed by atoms with van der Waals surface area (Å²) in [5.41, 5.74) is 0.192. The molecule has 2 rings (SSSR count). The van der Waals surface area contributed by atoms with E-state index < -0.39 is 45.7 Å². The Hall–Kier alpha value is -2.10. The molecule has 0 fully saturated rings. The maximum atomic E-state index is 13.0. The predicted molar refractivity (Wildman–Crippen MR) is 99.6 cm³/mol. The Labute approximate surface area is 161 Å². The predicted octanol–water partition coefficient (Wildman–Crippen LogP) is 3.00. The molecule has 1 N–H and O–H groups in total. The van der Waals surface area contributed by atoms with Gasteiger partial charge in [-0.1, -0.05) is 19.9 Å². The lowest BCUT2D eigenvalue weighted by molar-refractivity contribution is -0.149. The van der Waals surface area contributed by atoms with Gasteiger partial charge in [-0.25, -0.2) is 12.8 Å². The summed E-state index contributed by atoms with van der Waals surface area (Å²) in [5.74, 6) is -2.25. The van der Waals surface area contributed by atoms with Gasteiger partial charge >= 0.3 is 5.97 Å². The monoisotopic (exact) mass is 413 g/mol. The van der Waals surface area contributed by atoms with Gasteiger partial charge in [0.05, 0.1) is 0 Å². The second-order valence-electron chi connectivity index (χ2n) is 6.23. The maximum Gasteiger partial charge on any atom is 0.325 e. The van der Waals surface area contributed by atoms with E-state index in [1.54, 1.807) is 25.3 Å². The molecule has 2 atom stereocenters. The maximum absolute atomic E-state index is 13.0. The van der Waals surface area contributed by atoms with Crippen LogP contribution >= 0.6 is 11.3 Å². The molecule has 27 heavy (non-hydrogen) atoms. The number of rotatable bonds is 8. The van der Waals surface area contributed by atoms with Crippen molar-refractivity contribution in [2.45, 2.75) is 37.1 Å². The molecule has 1 aromatic carbocycles. The fraction of sp³-hybridized carbons (Fsp3) is 0.333. The SMILES string of the molecule is CC(C)[C@@H](NS(=O)(=O)c1cccs1)C(=O)O[C@@H](C)C(=O)c1ccc(F)cc1. The minimum atomic E-state index is -3.88. The average molecular weight is 413 g/mol. The van der Waals surface area contributed by atoms with E-state index in [1.807, 2.05) is 0 Å². The number of halogens is 1. The first-order valence-corrected chi connectivity index (χ1v) is 10.5. The van der Waals surface area contributed by atoms with Crippen molar-refractivity contribution in [3.8, 4) is 0 Å². The van der Waals surface area contributed by atoms with Crippen molar-refractivity contribution in [1.82, 2.24) is 4.72 Å². The molecule has 6 nitrogen and oxygen atoms in total. The zero-order valence-electron chi connectivity index (χ0n) is 15.0. The summed E-state index contributed by atoms with van der Waals surface area (Å²) in [6, 6.07) is 6.72. The molecule has 0 amide bonds. The molecule has 0 aliphatic carbocycles. The second-order valence-corrected chi connectivity index (χ2v) is 9.11. The van der Waals surface area contributed by atoms with E-state index in [9.17, 15) is 22.4 Å². The molecule has 0 unspecified atom stereocenters. The molecule has 0 spiro atoms. The van der Waals surface area contributed by atoms with Crippen LogP contribution in [0.1, 0.15) is 31.1 Å². The summed E-state index contributed by atoms with van der Waals surface area (Å²) in [6.45, 7) is 4.71. The van der Waals surface area contributed by atoms with E-state index in [0.717, 1.165) is 23.5 Å². The molecule has 9 heteroatoms. The Morgan fingerprint density at radius 1 is 1.11 bits per heavy atom. The van der Waals surface area contributed by atoms with Gasteiger partial charge in [-0.15, -0.1) is 11.3 Å². The Bertz CT molecular complexity index is 892. The zero-order chi connectivity index (χ0) is 20.2. The summed E-state index contributed by atoms with van der Waals surface area (Å²) in [5, 5.41) is 1.61. The number of carbonyl (C=O) groups is 2. The van der Waals surface area contributed by atoms with Crippen LogP contribution in [0, 0.1) is 11.7 Å². The number of sulfonamides is 1. The van der Waals surface area contributed by atoms with Gasteiger partial charge in [0.1, 0.15) is 16.1 Å². The molecule has 146 valence electrons. The molecule has 0 saturated heterocycles. The molecule has 0 aliphatic heterocycles. The topological polar surface area (TPSA) is 89.5 Å². The van der Waals surface area contributed by atoms with E-state index in [-0.39, 0.29) is 9.77 Å². The highest BCUT2D eigenvalue weighted by Gasteiger charge is 2.32. The van der Waals surface area contributed by atoms with E-state index >= 15 is 0 Å². The van der Waals surface area contributed by atoms with Gasteiger partial charge < -0.3 is 4.74 Å². The number of ether oxygens (including phenoxy) is 1. The molecule has 1 heterocycles. The lowest BCUT2D eigenvalue weighted by Crippen LogP contribution is -2.46. The van der Waals surface area contributed by atoms with Gasteiger partial charge in [0.25, 0.3) is 10.0 Å². The van der Waals surface area contributed by atoms with Crippen LogP contribution in [0.4, 0.5) is 4.39 Å². The van der Waals surface area contributed by atoms with Gasteiger partial charge in [0.15, 0.2) is 6.10 Å². The first kappa shape index (κ1) is 21.2. The molecule has 0 saturated carbocycles. The van der Waals surface area contributed by atoms with E-state index in [0.29, 0.717) is 0 Å². The molecular formula is C18H20FNO5S2. The first-order valence-electron chi connectivity index (χ1n) is 8.18. The molecule has 2 aromatic rings. The van der Waals surface area contributed by atoms with Crippen molar-refractivity contribution in [2.75, 3.05) is 0 Å². The van der Waals surface area contributed by atoms with Crippen molar-refractivity contribution in [3.05, 3.63) is 53.2 Å². The zero-order valence-corrected chi connectivity index (χ0v) is 16.6. The minimum Gasteiger partial charge on any atom is -0.453 e. The highest BCUT2D eigenvalue weighted by Crippen LogP contribution is 2.18. The number of thiophene rings is 1. The average Bonchev–Trinajstić information content (AvgIpc) is 3.15. The number of carbonyl (C=O) groups excluding carboxylic acids is 2. The third-order valence-electron chi connectivity index (χ3n) is 3.75. The largest absolute Gasteiger partial charge is 0.453 e. The first-order chi connectivity index (χ1) is 12.6. The Balaban J connectivity index is 2.10. The minimum absolute atomic E-state index is 0.0800. The lowest BCUT2D eigenvalue weighted by atomic mass is 10.1. The number of hydrogen-bond donors (Lipinski definition) is 1. The molecule has 0 aliphatic rings. The fourth-order valence-corrected chi connectivity index (χ4v) is 4.59. The summed E-state index contributed by atoms with van der Waals surface area (Å²) in [7, 11) is -3.88. The molecule has 0 radical (unpaired) electrons. The number of hydrogen-bond acceptors (Lipinski definition) is 6. The van der Waals surface area contributed by atoms with Crippen molar-refractivity contribution in [1.29, 1.82) is 0 Å². The van der Waals surface area contributed by atoms with Crippen LogP contribution in [0.15, 0.2) is 46.0 Å². The van der Waals surface area contributed by atoms with Crippen LogP contribution in [-0.2, 0) is 19.6 Å². The third kappa shape index (κ3) is 5.44. The molecule has 0 bridgehead atoms. The highest BCUT2D eigenvalue weighted by atomic mass is 32.2. The van der Waals surface area contributed by atoms with Crippen LogP contribution < -0.4 is 4.72 Å². The summed E-state index contributed by atoms with van der Waals surface area (Å²) in [6.07, 6.45) is -1.14. The number of Topliss-reactive ketones (excluding diaryl/α,β-unsaturated/α-hetero) is 1. The number of nitrogens with one attached hydrogen (secondary N) is 1. The van der Waals surface area contributed by atoms with Gasteiger partial charge in [-0.2, -0.15) is 4.72 Å².